The Morgan fingerprint density at radius 3 is 2.49 bits per heavy atom. The normalized spacial score (nSPS) is 15.0. The van der Waals surface area contributed by atoms with Crippen LogP contribution in [0.4, 0.5) is 8.78 Å². The Balaban J connectivity index is 2.15. The molecule has 262 valence electrons. The number of carboxylic acid groups (broad SMARTS) is 1. The number of benzene rings is 1. The van der Waals surface area contributed by atoms with E-state index in [0.29, 0.717) is 24.8 Å². The lowest BCUT2D eigenvalue weighted by Gasteiger charge is -2.38. The summed E-state index contributed by atoms with van der Waals surface area (Å²) < 4.78 is 31.8. The van der Waals surface area contributed by atoms with Gasteiger partial charge in [0.2, 0.25) is 0 Å². The number of halogens is 2. The summed E-state index contributed by atoms with van der Waals surface area (Å²) in [6, 6.07) is 5.44. The first kappa shape index (κ1) is 40.6. The highest BCUT2D eigenvalue weighted by molar-refractivity contribution is 8.11. The lowest BCUT2D eigenvalue weighted by Crippen LogP contribution is -2.36. The molecule has 0 unspecified atom stereocenters. The third-order valence-electron chi connectivity index (χ3n) is 9.55. The molecular weight excluding hydrogens is 613 g/mol. The molecule has 0 spiro atoms. The fraction of sp³-hybridized carbons (Fsp3) is 0.600. The van der Waals surface area contributed by atoms with E-state index in [1.165, 1.54) is 4.91 Å². The second-order valence-electron chi connectivity index (χ2n) is 14.1. The molecule has 7 heteroatoms. The van der Waals surface area contributed by atoms with Crippen molar-refractivity contribution in [3.8, 4) is 5.75 Å². The maximum absolute atomic E-state index is 13.4. The molecule has 0 radical (unpaired) electrons. The highest BCUT2D eigenvalue weighted by atomic mass is 32.2. The van der Waals surface area contributed by atoms with Gasteiger partial charge < -0.3 is 14.7 Å². The van der Waals surface area contributed by atoms with E-state index >= 15 is 0 Å². The summed E-state index contributed by atoms with van der Waals surface area (Å²) in [5.74, 6) is -0.334. The molecule has 1 heterocycles. The van der Waals surface area contributed by atoms with Crippen LogP contribution in [0.25, 0.3) is 10.5 Å². The topological polar surface area (TPSA) is 49.8 Å². The number of carboxylic acids is 1. The molecule has 1 N–H and O–H groups in total. The van der Waals surface area contributed by atoms with Gasteiger partial charge in [0.05, 0.1) is 10.3 Å². The number of hydrogen-bond acceptors (Lipinski definition) is 4. The fourth-order valence-corrected chi connectivity index (χ4v) is 7.24. The average molecular weight is 672 g/mol. The van der Waals surface area contributed by atoms with Crippen LogP contribution in [0.15, 0.2) is 59.2 Å². The van der Waals surface area contributed by atoms with Crippen LogP contribution in [0.5, 0.6) is 5.75 Å². The third-order valence-corrected chi connectivity index (χ3v) is 10.7. The first-order chi connectivity index (χ1) is 22.1. The maximum atomic E-state index is 13.4. The Morgan fingerprint density at radius 2 is 1.89 bits per heavy atom. The fourth-order valence-electron chi connectivity index (χ4n) is 6.14. The minimum atomic E-state index is -2.92. The third kappa shape index (κ3) is 13.1. The van der Waals surface area contributed by atoms with Gasteiger partial charge in [0.25, 0.3) is 0 Å². The van der Waals surface area contributed by atoms with E-state index in [1.807, 2.05) is 32.1 Å². The van der Waals surface area contributed by atoms with Gasteiger partial charge in [-0.25, -0.2) is 0 Å². The van der Waals surface area contributed by atoms with Crippen molar-refractivity contribution in [2.24, 2.45) is 16.7 Å². The Hall–Kier alpha value is -2.60. The highest BCUT2D eigenvalue weighted by Crippen LogP contribution is 2.45. The standard InChI is InChI=1S/C40H59F2NO3S/c1-10-24-43(9)25-16-18-30(5)31-22-23-35(46-38(41)42)34(27-31)36-21-14-13-19-33(47-36)20-15-17-29(4)26-32(39(6,7)8)28-40(11-2,12-3)37(44)45/h14,18-19,22-23,27,32,38H,4,10-13,15-17,20,24-26,28H2,1-3,5-9H3,(H,44,45)/b30-18-/t32-/m0/s1. The van der Waals surface area contributed by atoms with E-state index < -0.39 is 18.0 Å². The first-order valence-corrected chi connectivity index (χ1v) is 18.1. The molecule has 2 rings (SSSR count). The number of alkyl halides is 2. The number of allylic oxidation sites excluding steroid dienone is 5. The van der Waals surface area contributed by atoms with Crippen LogP contribution in [-0.4, -0.2) is 42.7 Å². The smallest absolute Gasteiger partial charge is 0.387 e. The lowest BCUT2D eigenvalue weighted by molar-refractivity contribution is -0.151. The van der Waals surface area contributed by atoms with Crippen molar-refractivity contribution in [2.45, 2.75) is 119 Å². The Kier molecular flexibility index (Phi) is 16.8. The Morgan fingerprint density at radius 1 is 1.19 bits per heavy atom. The molecule has 4 nitrogen and oxygen atoms in total. The number of hydrogen-bond donors (Lipinski definition) is 1. The molecule has 0 saturated heterocycles. The van der Waals surface area contributed by atoms with Crippen molar-refractivity contribution in [1.82, 2.24) is 4.90 Å². The summed E-state index contributed by atoms with van der Waals surface area (Å²) in [4.78, 5) is 16.5. The molecule has 0 amide bonds. The minimum Gasteiger partial charge on any atom is -0.481 e. The summed E-state index contributed by atoms with van der Waals surface area (Å²) in [5.41, 5.74) is 6.45. The van der Waals surface area contributed by atoms with Gasteiger partial charge in [0, 0.05) is 12.1 Å². The summed E-state index contributed by atoms with van der Waals surface area (Å²) in [6.45, 7) is 18.3. The molecule has 1 aromatic carbocycles. The second kappa shape index (κ2) is 19.4. The molecule has 1 atom stereocenters. The van der Waals surface area contributed by atoms with Gasteiger partial charge in [-0.2, -0.15) is 8.78 Å². The van der Waals surface area contributed by atoms with Gasteiger partial charge in [-0.05, 0) is 130 Å². The minimum absolute atomic E-state index is 0.0372. The van der Waals surface area contributed by atoms with Crippen LogP contribution in [0.1, 0.15) is 124 Å². The van der Waals surface area contributed by atoms with Crippen LogP contribution >= 0.6 is 11.8 Å². The van der Waals surface area contributed by atoms with Gasteiger partial charge in [0.1, 0.15) is 5.75 Å². The molecule has 0 aromatic heterocycles. The number of carbonyl (C=O) groups is 1. The molecule has 0 saturated carbocycles. The average Bonchev–Trinajstić information content (AvgIpc) is 3.24. The van der Waals surface area contributed by atoms with Gasteiger partial charge in [-0.15, -0.1) is 5.73 Å². The van der Waals surface area contributed by atoms with Gasteiger partial charge >= 0.3 is 12.6 Å². The van der Waals surface area contributed by atoms with E-state index in [1.54, 1.807) is 17.8 Å². The van der Waals surface area contributed by atoms with Crippen molar-refractivity contribution in [3.05, 3.63) is 70.3 Å². The van der Waals surface area contributed by atoms with Crippen LogP contribution in [0.3, 0.4) is 0 Å². The van der Waals surface area contributed by atoms with E-state index in [4.69, 9.17) is 4.74 Å². The number of thioether (sulfide) groups is 1. The van der Waals surface area contributed by atoms with Crippen molar-refractivity contribution in [1.29, 1.82) is 0 Å². The van der Waals surface area contributed by atoms with Crippen molar-refractivity contribution >= 4 is 28.2 Å². The van der Waals surface area contributed by atoms with E-state index in [9.17, 15) is 18.7 Å². The van der Waals surface area contributed by atoms with Gasteiger partial charge in [0.15, 0.2) is 0 Å². The monoisotopic (exact) mass is 671 g/mol. The number of nitrogens with zero attached hydrogens (tertiary/aromatic N) is 1. The number of aliphatic carboxylic acids is 1. The number of rotatable bonds is 20. The predicted molar refractivity (Wildman–Crippen MR) is 197 cm³/mol. The zero-order chi connectivity index (χ0) is 35.2. The first-order valence-electron chi connectivity index (χ1n) is 17.3. The van der Waals surface area contributed by atoms with E-state index in [-0.39, 0.29) is 17.1 Å². The van der Waals surface area contributed by atoms with Crippen molar-refractivity contribution in [2.75, 3.05) is 20.1 Å². The zero-order valence-electron chi connectivity index (χ0n) is 30.2. The van der Waals surface area contributed by atoms with E-state index in [0.717, 1.165) is 79.7 Å². The quantitative estimate of drug-likeness (QED) is 0.110. The summed E-state index contributed by atoms with van der Waals surface area (Å²) in [6.07, 6.45) is 14.4. The van der Waals surface area contributed by atoms with Crippen LogP contribution in [0.2, 0.25) is 0 Å². The highest BCUT2D eigenvalue weighted by Gasteiger charge is 2.40. The van der Waals surface area contributed by atoms with E-state index in [2.05, 4.69) is 71.0 Å². The summed E-state index contributed by atoms with van der Waals surface area (Å²) >= 11 is 1.57. The molecule has 0 fully saturated rings. The largest absolute Gasteiger partial charge is 0.481 e. The molecule has 1 aliphatic rings. The van der Waals surface area contributed by atoms with Crippen LogP contribution < -0.4 is 4.74 Å². The second-order valence-corrected chi connectivity index (χ2v) is 15.3. The maximum Gasteiger partial charge on any atom is 0.387 e. The molecular formula is C40H59F2NO3S. The SMILES string of the molecule is C=C(CCCC1=CCC=C=C(c2cc(/C(C)=C\CCN(C)CCC)ccc2OC(F)F)S1)C[C@@H](CC(CC)(CC)C(=O)O)C(C)(C)C. The van der Waals surface area contributed by atoms with Gasteiger partial charge in [-0.3, -0.25) is 4.79 Å². The molecule has 0 aliphatic carbocycles. The zero-order valence-corrected chi connectivity index (χ0v) is 31.0. The Labute approximate surface area is 288 Å². The molecule has 47 heavy (non-hydrogen) atoms. The lowest BCUT2D eigenvalue weighted by atomic mass is 9.66. The Bertz CT molecular complexity index is 1310. The molecule has 0 bridgehead atoms. The van der Waals surface area contributed by atoms with Crippen molar-refractivity contribution in [3.63, 3.8) is 0 Å². The summed E-state index contributed by atoms with van der Waals surface area (Å²) in [7, 11) is 2.12. The molecule has 1 aliphatic heterocycles. The number of ether oxygens (including phenoxy) is 1. The molecule has 1 aromatic rings. The summed E-state index contributed by atoms with van der Waals surface area (Å²) in [5, 5.41) is 10.1. The van der Waals surface area contributed by atoms with Crippen molar-refractivity contribution < 1.29 is 23.4 Å². The predicted octanol–water partition coefficient (Wildman–Crippen LogP) is 12.0. The van der Waals surface area contributed by atoms with Crippen LogP contribution in [0, 0.1) is 16.7 Å². The van der Waals surface area contributed by atoms with Gasteiger partial charge in [-0.1, -0.05) is 83.7 Å². The van der Waals surface area contributed by atoms with Crippen LogP contribution in [-0.2, 0) is 4.79 Å².